The van der Waals surface area contributed by atoms with Gasteiger partial charge in [-0.2, -0.15) is 0 Å². The number of anilines is 1. The van der Waals surface area contributed by atoms with Gasteiger partial charge in [-0.1, -0.05) is 12.8 Å². The van der Waals surface area contributed by atoms with Gasteiger partial charge in [0.2, 0.25) is 0 Å². The van der Waals surface area contributed by atoms with Crippen LogP contribution in [0.15, 0.2) is 22.7 Å². The Morgan fingerprint density at radius 3 is 2.90 bits per heavy atom. The third-order valence-corrected chi connectivity index (χ3v) is 5.19. The predicted molar refractivity (Wildman–Crippen MR) is 84.5 cm³/mol. The quantitative estimate of drug-likeness (QED) is 0.883. The fourth-order valence-corrected chi connectivity index (χ4v) is 3.84. The highest BCUT2D eigenvalue weighted by molar-refractivity contribution is 9.10. The molecule has 3 nitrogen and oxygen atoms in total. The van der Waals surface area contributed by atoms with Gasteiger partial charge >= 0.3 is 0 Å². The van der Waals surface area contributed by atoms with Crippen molar-refractivity contribution in [2.45, 2.75) is 50.2 Å². The summed E-state index contributed by atoms with van der Waals surface area (Å²) in [5, 5.41) is 3.47. The first-order valence-electron chi connectivity index (χ1n) is 7.46. The van der Waals surface area contributed by atoms with E-state index in [1.165, 1.54) is 38.5 Å². The van der Waals surface area contributed by atoms with Crippen molar-refractivity contribution in [3.05, 3.63) is 22.7 Å². The number of ether oxygens (including phenoxy) is 2. The summed E-state index contributed by atoms with van der Waals surface area (Å²) in [6, 6.07) is 6.09. The normalized spacial score (nSPS) is 24.2. The molecule has 1 spiro atoms. The van der Waals surface area contributed by atoms with Gasteiger partial charge in [0.25, 0.3) is 0 Å². The molecule has 1 aromatic rings. The van der Waals surface area contributed by atoms with E-state index in [1.807, 2.05) is 12.1 Å². The molecule has 2 aliphatic rings. The SMILES string of the molecule is COc1cc(NCC2CCC3(CCCC3)O2)ccc1Br. The maximum Gasteiger partial charge on any atom is 0.135 e. The van der Waals surface area contributed by atoms with Gasteiger partial charge in [-0.3, -0.25) is 0 Å². The van der Waals surface area contributed by atoms with E-state index in [1.54, 1.807) is 7.11 Å². The van der Waals surface area contributed by atoms with Crippen LogP contribution in [0.25, 0.3) is 0 Å². The lowest BCUT2D eigenvalue weighted by Gasteiger charge is -2.24. The lowest BCUT2D eigenvalue weighted by Crippen LogP contribution is -2.27. The van der Waals surface area contributed by atoms with Gasteiger partial charge in [0.1, 0.15) is 5.75 Å². The zero-order chi connectivity index (χ0) is 14.0. The number of halogens is 1. The van der Waals surface area contributed by atoms with Gasteiger partial charge in [-0.25, -0.2) is 0 Å². The highest BCUT2D eigenvalue weighted by Crippen LogP contribution is 2.43. The molecule has 110 valence electrons. The molecular weight excluding hydrogens is 318 g/mol. The van der Waals surface area contributed by atoms with E-state index < -0.39 is 0 Å². The minimum atomic E-state index is 0.226. The first-order valence-corrected chi connectivity index (χ1v) is 8.25. The molecule has 1 heterocycles. The third kappa shape index (κ3) is 2.96. The van der Waals surface area contributed by atoms with Crippen molar-refractivity contribution in [1.29, 1.82) is 0 Å². The summed E-state index contributed by atoms with van der Waals surface area (Å²) in [5.41, 5.74) is 1.31. The molecule has 1 aliphatic carbocycles. The summed E-state index contributed by atoms with van der Waals surface area (Å²) in [6.07, 6.45) is 7.96. The number of hydrogen-bond donors (Lipinski definition) is 1. The van der Waals surface area contributed by atoms with Crippen molar-refractivity contribution >= 4 is 21.6 Å². The van der Waals surface area contributed by atoms with Crippen LogP contribution in [0.5, 0.6) is 5.75 Å². The van der Waals surface area contributed by atoms with Crippen LogP contribution in [-0.4, -0.2) is 25.4 Å². The molecule has 1 N–H and O–H groups in total. The van der Waals surface area contributed by atoms with Gasteiger partial charge in [-0.15, -0.1) is 0 Å². The maximum atomic E-state index is 6.31. The van der Waals surface area contributed by atoms with Crippen LogP contribution < -0.4 is 10.1 Å². The smallest absolute Gasteiger partial charge is 0.135 e. The predicted octanol–water partition coefficient (Wildman–Crippen LogP) is 4.36. The summed E-state index contributed by atoms with van der Waals surface area (Å²) >= 11 is 3.47. The summed E-state index contributed by atoms with van der Waals surface area (Å²) in [5.74, 6) is 0.856. The fourth-order valence-electron chi connectivity index (χ4n) is 3.43. The minimum absolute atomic E-state index is 0.226. The molecular formula is C16H22BrNO2. The van der Waals surface area contributed by atoms with Gasteiger partial charge < -0.3 is 14.8 Å². The van der Waals surface area contributed by atoms with Gasteiger partial charge in [0, 0.05) is 18.3 Å². The second-order valence-electron chi connectivity index (χ2n) is 5.90. The zero-order valence-electron chi connectivity index (χ0n) is 12.0. The Balaban J connectivity index is 1.55. The zero-order valence-corrected chi connectivity index (χ0v) is 13.5. The molecule has 1 saturated heterocycles. The van der Waals surface area contributed by atoms with E-state index in [0.29, 0.717) is 6.10 Å². The van der Waals surface area contributed by atoms with Crippen molar-refractivity contribution in [2.75, 3.05) is 19.0 Å². The Labute approximate surface area is 129 Å². The molecule has 4 heteroatoms. The number of nitrogens with one attached hydrogen (secondary N) is 1. The van der Waals surface area contributed by atoms with Crippen LogP contribution in [0.2, 0.25) is 0 Å². The van der Waals surface area contributed by atoms with Crippen molar-refractivity contribution in [3.8, 4) is 5.75 Å². The van der Waals surface area contributed by atoms with Gasteiger partial charge in [0.05, 0.1) is 23.3 Å². The molecule has 0 bridgehead atoms. The largest absolute Gasteiger partial charge is 0.495 e. The number of benzene rings is 1. The highest BCUT2D eigenvalue weighted by Gasteiger charge is 2.41. The second kappa shape index (κ2) is 5.94. The molecule has 0 radical (unpaired) electrons. The average Bonchev–Trinajstić information content (AvgIpc) is 3.09. The first-order chi connectivity index (χ1) is 9.71. The fraction of sp³-hybridized carbons (Fsp3) is 0.625. The number of hydrogen-bond acceptors (Lipinski definition) is 3. The molecule has 20 heavy (non-hydrogen) atoms. The molecule has 0 amide bonds. The van der Waals surface area contributed by atoms with E-state index in [-0.39, 0.29) is 5.60 Å². The lowest BCUT2D eigenvalue weighted by molar-refractivity contribution is -0.0307. The maximum absolute atomic E-state index is 6.31. The van der Waals surface area contributed by atoms with E-state index >= 15 is 0 Å². The molecule has 1 aliphatic heterocycles. The Morgan fingerprint density at radius 2 is 2.15 bits per heavy atom. The van der Waals surface area contributed by atoms with Crippen LogP contribution in [-0.2, 0) is 4.74 Å². The number of methoxy groups -OCH3 is 1. The highest BCUT2D eigenvalue weighted by atomic mass is 79.9. The van der Waals surface area contributed by atoms with Crippen molar-refractivity contribution < 1.29 is 9.47 Å². The van der Waals surface area contributed by atoms with E-state index in [0.717, 1.165) is 22.5 Å². The third-order valence-electron chi connectivity index (χ3n) is 4.54. The Hall–Kier alpha value is -0.740. The molecule has 3 rings (SSSR count). The van der Waals surface area contributed by atoms with Crippen LogP contribution in [0, 0.1) is 0 Å². The lowest BCUT2D eigenvalue weighted by atomic mass is 9.98. The van der Waals surface area contributed by atoms with E-state index in [2.05, 4.69) is 27.3 Å². The summed E-state index contributed by atoms with van der Waals surface area (Å²) in [7, 11) is 1.69. The van der Waals surface area contributed by atoms with E-state index in [9.17, 15) is 0 Å². The topological polar surface area (TPSA) is 30.5 Å². The van der Waals surface area contributed by atoms with Crippen molar-refractivity contribution in [3.63, 3.8) is 0 Å². The Kier molecular flexibility index (Phi) is 4.22. The molecule has 2 fully saturated rings. The molecule has 1 atom stereocenters. The van der Waals surface area contributed by atoms with Crippen LogP contribution in [0.3, 0.4) is 0 Å². The minimum Gasteiger partial charge on any atom is -0.495 e. The Bertz CT molecular complexity index is 472. The van der Waals surface area contributed by atoms with Crippen molar-refractivity contribution in [2.24, 2.45) is 0 Å². The summed E-state index contributed by atoms with van der Waals surface area (Å²) < 4.78 is 12.6. The summed E-state index contributed by atoms with van der Waals surface area (Å²) in [4.78, 5) is 0. The monoisotopic (exact) mass is 339 g/mol. The van der Waals surface area contributed by atoms with E-state index in [4.69, 9.17) is 9.47 Å². The van der Waals surface area contributed by atoms with Crippen LogP contribution in [0.1, 0.15) is 38.5 Å². The second-order valence-corrected chi connectivity index (χ2v) is 6.75. The molecule has 1 aromatic carbocycles. The Morgan fingerprint density at radius 1 is 1.35 bits per heavy atom. The van der Waals surface area contributed by atoms with Gasteiger partial charge in [-0.05, 0) is 53.7 Å². The first kappa shape index (κ1) is 14.2. The van der Waals surface area contributed by atoms with Gasteiger partial charge in [0.15, 0.2) is 0 Å². The summed E-state index contributed by atoms with van der Waals surface area (Å²) in [6.45, 7) is 0.881. The van der Waals surface area contributed by atoms with Crippen LogP contribution in [0.4, 0.5) is 5.69 Å². The molecule has 1 unspecified atom stereocenters. The molecule has 0 aromatic heterocycles. The average molecular weight is 340 g/mol. The molecule has 1 saturated carbocycles. The van der Waals surface area contributed by atoms with Crippen molar-refractivity contribution in [1.82, 2.24) is 0 Å². The number of rotatable bonds is 4. The standard InChI is InChI=1S/C16H22BrNO2/c1-19-15-10-12(4-5-14(15)17)18-11-13-6-9-16(20-13)7-2-3-8-16/h4-5,10,13,18H,2-3,6-9,11H2,1H3. The van der Waals surface area contributed by atoms with Crippen LogP contribution >= 0.6 is 15.9 Å².